The first kappa shape index (κ1) is 61.0. The first-order chi connectivity index (χ1) is 38.2. The molecule has 5 aliphatic rings. The number of nitrogens with zero attached hydrogens (tertiary/aromatic N) is 8. The number of carbonyl (C=O) groups excluding carboxylic acids is 3. The first-order valence-electron chi connectivity index (χ1n) is 28.0. The van der Waals surface area contributed by atoms with Gasteiger partial charge in [-0.3, -0.25) is 48.4 Å². The van der Waals surface area contributed by atoms with E-state index in [9.17, 15) is 54.0 Å². The minimum Gasteiger partial charge on any atom is -0.496 e. The summed E-state index contributed by atoms with van der Waals surface area (Å²) in [5.41, 5.74) is 1.37. The number of hydrogen-bond donors (Lipinski definition) is 6. The van der Waals surface area contributed by atoms with Gasteiger partial charge in [-0.2, -0.15) is 5.10 Å². The van der Waals surface area contributed by atoms with Crippen LogP contribution in [0.3, 0.4) is 0 Å². The summed E-state index contributed by atoms with van der Waals surface area (Å²) in [4.78, 5) is 102. The van der Waals surface area contributed by atoms with Gasteiger partial charge in [-0.05, 0) is 137 Å². The second kappa shape index (κ2) is 27.7. The summed E-state index contributed by atoms with van der Waals surface area (Å²) in [7, 11) is 7.00. The number of carboxylic acid groups (broad SMARTS) is 4. The summed E-state index contributed by atoms with van der Waals surface area (Å²) < 4.78 is 13.4. The van der Waals surface area contributed by atoms with Crippen molar-refractivity contribution in [1.29, 1.82) is 0 Å². The Kier molecular flexibility index (Phi) is 21.1. The van der Waals surface area contributed by atoms with Crippen molar-refractivity contribution in [3.05, 3.63) is 59.3 Å². The lowest BCUT2D eigenvalue weighted by atomic mass is 9.48. The topological polar surface area (TPSA) is 280 Å². The van der Waals surface area contributed by atoms with Crippen LogP contribution in [0.15, 0.2) is 42.5 Å². The van der Waals surface area contributed by atoms with Gasteiger partial charge in [-0.15, -0.1) is 0 Å². The van der Waals surface area contributed by atoms with E-state index in [4.69, 9.17) is 14.6 Å². The Balaban J connectivity index is 1.09. The molecule has 0 spiro atoms. The van der Waals surface area contributed by atoms with Crippen LogP contribution >= 0.6 is 0 Å². The highest BCUT2D eigenvalue weighted by Gasteiger charge is 2.62. The van der Waals surface area contributed by atoms with Gasteiger partial charge in [0.05, 0.1) is 57.3 Å². The molecule has 4 bridgehead atoms. The minimum atomic E-state index is -1.40. The van der Waals surface area contributed by atoms with E-state index < -0.39 is 35.3 Å². The maximum Gasteiger partial charge on any atom is 0.330 e. The van der Waals surface area contributed by atoms with Gasteiger partial charge in [0, 0.05) is 77.6 Å². The van der Waals surface area contributed by atoms with Crippen LogP contribution in [0.25, 0.3) is 16.9 Å². The molecule has 6 N–H and O–H groups in total. The number of carbonyl (C=O) groups is 7. The Morgan fingerprint density at radius 1 is 0.675 bits per heavy atom. The van der Waals surface area contributed by atoms with Gasteiger partial charge < -0.3 is 50.3 Å². The summed E-state index contributed by atoms with van der Waals surface area (Å²) in [6.45, 7) is 7.05. The predicted octanol–water partition coefficient (Wildman–Crippen LogP) is 3.06. The number of amides is 3. The normalized spacial score (nSPS) is 22.1. The molecule has 8 rings (SSSR count). The van der Waals surface area contributed by atoms with Crippen molar-refractivity contribution in [2.24, 2.45) is 23.7 Å². The van der Waals surface area contributed by atoms with Crippen molar-refractivity contribution >= 4 is 41.6 Å². The molecule has 1 aliphatic heterocycles. The highest BCUT2D eigenvalue weighted by Crippen LogP contribution is 2.58. The van der Waals surface area contributed by atoms with Crippen LogP contribution in [0, 0.1) is 23.7 Å². The fourth-order valence-corrected chi connectivity index (χ4v) is 12.7. The van der Waals surface area contributed by atoms with E-state index in [0.717, 1.165) is 44.2 Å². The highest BCUT2D eigenvalue weighted by atomic mass is 16.5. The molecule has 2 aromatic carbocycles. The Labute approximate surface area is 468 Å². The molecule has 3 amide bonds. The highest BCUT2D eigenvalue weighted by molar-refractivity contribution is 5.98. The Bertz CT molecular complexity index is 2610. The molecule has 0 unspecified atom stereocenters. The Morgan fingerprint density at radius 3 is 1.64 bits per heavy atom. The van der Waals surface area contributed by atoms with Gasteiger partial charge in [0.1, 0.15) is 17.0 Å². The molecule has 1 saturated heterocycles. The molecule has 23 nitrogen and oxygen atoms in total. The quantitative estimate of drug-likeness (QED) is 0.0665. The number of ether oxygens (including phenoxy) is 2. The summed E-state index contributed by atoms with van der Waals surface area (Å²) in [5, 5.41) is 50.7. The van der Waals surface area contributed by atoms with Gasteiger partial charge in [-0.1, -0.05) is 19.9 Å². The molecule has 3 aromatic rings. The van der Waals surface area contributed by atoms with Gasteiger partial charge in [0.2, 0.25) is 5.91 Å². The van der Waals surface area contributed by atoms with E-state index in [0.29, 0.717) is 84.9 Å². The number of carboxylic acids is 4. The molecule has 1 aromatic heterocycles. The third kappa shape index (κ3) is 15.2. The predicted molar refractivity (Wildman–Crippen MR) is 296 cm³/mol. The average Bonchev–Trinajstić information content (AvgIpc) is 3.83. The smallest absolute Gasteiger partial charge is 0.330 e. The molecular formula is C57H82N10O13. The number of methoxy groups -OCH3 is 2. The van der Waals surface area contributed by atoms with Gasteiger partial charge in [0.25, 0.3) is 11.8 Å². The van der Waals surface area contributed by atoms with E-state index in [1.165, 1.54) is 14.2 Å². The van der Waals surface area contributed by atoms with E-state index in [-0.39, 0.29) is 107 Å². The first-order valence-corrected chi connectivity index (χ1v) is 28.0. The van der Waals surface area contributed by atoms with E-state index >= 15 is 0 Å². The minimum absolute atomic E-state index is 0.0206. The lowest BCUT2D eigenvalue weighted by Crippen LogP contribution is -2.70. The van der Waals surface area contributed by atoms with Gasteiger partial charge in [-0.25, -0.2) is 9.48 Å². The fourth-order valence-electron chi connectivity index (χ4n) is 12.7. The van der Waals surface area contributed by atoms with Crippen molar-refractivity contribution < 1.29 is 63.5 Å². The molecule has 0 radical (unpaired) electrons. The zero-order valence-corrected chi connectivity index (χ0v) is 47.2. The van der Waals surface area contributed by atoms with Crippen molar-refractivity contribution in [3.63, 3.8) is 0 Å². The van der Waals surface area contributed by atoms with Gasteiger partial charge >= 0.3 is 23.9 Å². The zero-order valence-electron chi connectivity index (χ0n) is 47.2. The molecule has 4 saturated carbocycles. The third-order valence-corrected chi connectivity index (χ3v) is 16.5. The van der Waals surface area contributed by atoms with Crippen molar-refractivity contribution in [2.75, 3.05) is 133 Å². The largest absolute Gasteiger partial charge is 0.496 e. The standard InChI is InChI=1S/C57H82N10O13/c1-37(2)43-31-40(12-13-45(43)67-46(53-47(79-5)10-7-11-48(53)80-6)32-44(60-67)54(75)59-57(56(77)78)41-27-38-26-39(29-41)30-42(57)28-38)55(76)66(17-9-15-61(3)4)16-8-14-58-49(68)33-62-18-20-63(34-50(69)70)22-24-65(36-52(73)74)25-23-64(21-19-62)35-51(71)72/h7,10-13,31-32,37-39,41-42H,8-9,14-30,33-36H2,1-6H3,(H,58,68)(H,59,75)(H,69,70)(H,71,72)(H,73,74)(H,77,78). The third-order valence-electron chi connectivity index (χ3n) is 16.5. The number of nitrogens with one attached hydrogen (secondary N) is 2. The SMILES string of the molecule is COc1cccc(OC)c1-c1cc(C(=O)NC2(C(=O)O)C3CC4CC(C3)CC2C4)nn1-c1ccc(C(=O)N(CCCNC(=O)CN2CCN(CC(=O)O)CCN(CC(=O)O)CCN(CC(=O)O)CC2)CCCN(C)C)cc1C(C)C. The van der Waals surface area contributed by atoms with Crippen molar-refractivity contribution in [1.82, 2.24) is 49.8 Å². The van der Waals surface area contributed by atoms with Crippen LogP contribution in [0.5, 0.6) is 11.5 Å². The van der Waals surface area contributed by atoms with Crippen molar-refractivity contribution in [2.45, 2.75) is 70.3 Å². The molecule has 0 atom stereocenters. The lowest BCUT2D eigenvalue weighted by Gasteiger charge is -2.59. The van der Waals surface area contributed by atoms with Crippen LogP contribution in [-0.4, -0.2) is 240 Å². The summed E-state index contributed by atoms with van der Waals surface area (Å²) >= 11 is 0. The fraction of sp³-hybridized carbons (Fsp3) is 0.614. The molecule has 4 aliphatic carbocycles. The maximum absolute atomic E-state index is 14.7. The number of benzene rings is 2. The van der Waals surface area contributed by atoms with Crippen LogP contribution in [0.1, 0.15) is 91.1 Å². The second-order valence-corrected chi connectivity index (χ2v) is 22.7. The second-order valence-electron chi connectivity index (χ2n) is 22.7. The molecule has 80 heavy (non-hydrogen) atoms. The number of aromatic nitrogens is 2. The van der Waals surface area contributed by atoms with E-state index in [1.807, 2.05) is 49.9 Å². The number of rotatable bonds is 25. The number of hydrogen-bond acceptors (Lipinski definition) is 15. The van der Waals surface area contributed by atoms with E-state index in [1.54, 1.807) is 54.6 Å². The average molecular weight is 1120 g/mol. The number of aliphatic carboxylic acids is 4. The zero-order chi connectivity index (χ0) is 57.8. The van der Waals surface area contributed by atoms with E-state index in [2.05, 4.69) is 10.6 Å². The lowest BCUT2D eigenvalue weighted by molar-refractivity contribution is -0.163. The molecule has 438 valence electrons. The monoisotopic (exact) mass is 1110 g/mol. The summed E-state index contributed by atoms with van der Waals surface area (Å²) in [5.74, 6) is -3.87. The molecule has 5 fully saturated rings. The van der Waals surface area contributed by atoms with Crippen LogP contribution in [0.2, 0.25) is 0 Å². The Morgan fingerprint density at radius 2 is 1.18 bits per heavy atom. The molecular weight excluding hydrogens is 1030 g/mol. The Hall–Kier alpha value is -6.66. The maximum atomic E-state index is 14.7. The van der Waals surface area contributed by atoms with Crippen LogP contribution < -0.4 is 20.1 Å². The van der Waals surface area contributed by atoms with Crippen molar-refractivity contribution in [3.8, 4) is 28.4 Å². The summed E-state index contributed by atoms with van der Waals surface area (Å²) in [6.07, 6.45) is 5.29. The van der Waals surface area contributed by atoms with Crippen LogP contribution in [0.4, 0.5) is 0 Å². The van der Waals surface area contributed by atoms with Crippen LogP contribution in [-0.2, 0) is 24.0 Å². The summed E-state index contributed by atoms with van der Waals surface area (Å²) in [6, 6.07) is 12.4. The molecule has 2 heterocycles. The molecule has 23 heteroatoms. The van der Waals surface area contributed by atoms with Gasteiger partial charge in [0.15, 0.2) is 5.69 Å².